The number of aliphatic carboxylic acids is 3. The molecule has 3 atom stereocenters. The van der Waals surface area contributed by atoms with Crippen molar-refractivity contribution in [3.8, 4) is 0 Å². The Morgan fingerprint density at radius 2 is 1.45 bits per heavy atom. The molecular formula is C6H11Na4O9P. The molecule has 0 bridgehead atoms. The van der Waals surface area contributed by atoms with E-state index in [1.807, 2.05) is 0 Å². The molecule has 4 N–H and O–H groups in total. The van der Waals surface area contributed by atoms with Crippen LogP contribution in [0.4, 0.5) is 0 Å². The number of hydrogen-bond acceptors (Lipinski definition) is 6. The molecule has 0 aliphatic carbocycles. The third-order valence-electron chi connectivity index (χ3n) is 1.69. The molecule has 98 valence electrons. The van der Waals surface area contributed by atoms with Gasteiger partial charge in [0.25, 0.3) is 5.66 Å². The van der Waals surface area contributed by atoms with E-state index in [1.165, 1.54) is 0 Å². The Morgan fingerprint density at radius 1 is 1.10 bits per heavy atom. The van der Waals surface area contributed by atoms with Crippen LogP contribution in [0, 0.1) is 0 Å². The summed E-state index contributed by atoms with van der Waals surface area (Å²) < 4.78 is 10.5. The van der Waals surface area contributed by atoms with Crippen molar-refractivity contribution in [2.24, 2.45) is 0 Å². The molecule has 0 saturated heterocycles. The van der Waals surface area contributed by atoms with Crippen LogP contribution < -0.4 is 123 Å². The summed E-state index contributed by atoms with van der Waals surface area (Å²) in [7, 11) is -3.85. The van der Waals surface area contributed by atoms with E-state index in [-0.39, 0.29) is 124 Å². The van der Waals surface area contributed by atoms with Crippen LogP contribution in [-0.4, -0.2) is 49.6 Å². The van der Waals surface area contributed by atoms with E-state index in [0.717, 1.165) is 0 Å². The Hall–Kier alpha value is 2.43. The normalized spacial score (nSPS) is 13.6. The average molecular weight is 350 g/mol. The molecule has 0 aliphatic heterocycles. The summed E-state index contributed by atoms with van der Waals surface area (Å²) in [5.41, 5.74) is -6.12. The zero-order valence-electron chi connectivity index (χ0n) is 15.6. The molecule has 14 heteroatoms. The third kappa shape index (κ3) is 10.3. The molecule has 3 unspecified atom stereocenters. The second kappa shape index (κ2) is 15.0. The van der Waals surface area contributed by atoms with E-state index in [9.17, 15) is 28.9 Å². The molecule has 0 aromatic rings. The van der Waals surface area contributed by atoms with E-state index < -0.39 is 43.6 Å². The molecule has 0 amide bonds. The molecule has 20 heavy (non-hydrogen) atoms. The second-order valence-corrected chi connectivity index (χ2v) is 3.91. The van der Waals surface area contributed by atoms with Crippen LogP contribution >= 0.6 is 8.03 Å². The van der Waals surface area contributed by atoms with Crippen LogP contribution in [0.5, 0.6) is 0 Å². The van der Waals surface area contributed by atoms with E-state index in [1.54, 1.807) is 0 Å². The molecule has 0 radical (unpaired) electrons. The van der Waals surface area contributed by atoms with Gasteiger partial charge in [-0.2, -0.15) is 0 Å². The number of aliphatic hydroxyl groups is 1. The summed E-state index contributed by atoms with van der Waals surface area (Å²) in [5, 5.41) is 34.6. The van der Waals surface area contributed by atoms with Crippen molar-refractivity contribution in [3.63, 3.8) is 0 Å². The Labute approximate surface area is 208 Å². The maximum atomic E-state index is 10.6. The van der Waals surface area contributed by atoms with Crippen molar-refractivity contribution in [3.05, 3.63) is 0 Å². The SMILES string of the molecule is O=C(O)CC(O)(C(=O)O)C(C(=O)O)[P+](=O)[O-].[H-].[H-].[H-].[H-].[Na+].[Na+].[Na+].[Na+]. The first kappa shape index (κ1) is 33.9. The molecule has 0 rings (SSSR count). The van der Waals surface area contributed by atoms with Crippen molar-refractivity contribution in [1.82, 2.24) is 0 Å². The van der Waals surface area contributed by atoms with Crippen LogP contribution in [0.3, 0.4) is 0 Å². The molecule has 0 aromatic carbocycles. The van der Waals surface area contributed by atoms with Crippen LogP contribution in [0.15, 0.2) is 0 Å². The smallest absolute Gasteiger partial charge is 1.00 e. The van der Waals surface area contributed by atoms with Gasteiger partial charge in [0.1, 0.15) is 0 Å². The van der Waals surface area contributed by atoms with E-state index in [0.29, 0.717) is 0 Å². The Morgan fingerprint density at radius 3 is 1.60 bits per heavy atom. The standard InChI is InChI=1S/C6H7O9P.4Na.4H/c7-2(8)1-6(13,5(11)12)3(4(9)10)16(14)15;;;;;;;;/h3,13H,1H2,(H,7,8)(H,9,10)(H,11,12);;;;;;;;/q;4*+1;4*-1. The fourth-order valence-corrected chi connectivity index (χ4v) is 1.72. The molecule has 9 nitrogen and oxygen atoms in total. The third-order valence-corrected chi connectivity index (χ3v) is 2.76. The minimum absolute atomic E-state index is 0. The quantitative estimate of drug-likeness (QED) is 0.268. The van der Waals surface area contributed by atoms with Crippen LogP contribution in [-0.2, 0) is 18.9 Å². The number of hydrogen-bond donors (Lipinski definition) is 4. The van der Waals surface area contributed by atoms with Crippen molar-refractivity contribution in [2.75, 3.05) is 0 Å². The summed E-state index contributed by atoms with van der Waals surface area (Å²) in [6.45, 7) is 0. The molecule has 0 aromatic heterocycles. The van der Waals surface area contributed by atoms with Crippen LogP contribution in [0.2, 0.25) is 0 Å². The molecule has 0 saturated carbocycles. The van der Waals surface area contributed by atoms with Gasteiger partial charge in [-0.05, 0) is 0 Å². The molecule has 0 spiro atoms. The maximum absolute atomic E-state index is 10.6. The fourth-order valence-electron chi connectivity index (χ4n) is 0.989. The summed E-state index contributed by atoms with van der Waals surface area (Å²) in [6.07, 6.45) is -1.54. The van der Waals surface area contributed by atoms with Gasteiger partial charge in [0, 0.05) is 0 Å². The van der Waals surface area contributed by atoms with Gasteiger partial charge in [0.05, 0.1) is 6.42 Å². The molecular weight excluding hydrogens is 339 g/mol. The summed E-state index contributed by atoms with van der Waals surface area (Å²) in [6, 6.07) is 0. The maximum Gasteiger partial charge on any atom is 1.00 e. The van der Waals surface area contributed by atoms with Gasteiger partial charge >= 0.3 is 144 Å². The first-order valence-electron chi connectivity index (χ1n) is 3.66. The van der Waals surface area contributed by atoms with Crippen LogP contribution in [0.25, 0.3) is 0 Å². The van der Waals surface area contributed by atoms with Crippen molar-refractivity contribution in [1.29, 1.82) is 0 Å². The Balaban J connectivity index is -0.0000000402. The van der Waals surface area contributed by atoms with E-state index in [4.69, 9.17) is 15.3 Å². The van der Waals surface area contributed by atoms with Gasteiger partial charge in [0.15, 0.2) is 0 Å². The van der Waals surface area contributed by atoms with E-state index >= 15 is 0 Å². The predicted octanol–water partition coefficient (Wildman–Crippen LogP) is -13.7. The Kier molecular flexibility index (Phi) is 25.4. The van der Waals surface area contributed by atoms with Crippen molar-refractivity contribution < 1.29 is 168 Å². The Bertz CT molecular complexity index is 366. The average Bonchev–Trinajstić information content (AvgIpc) is 1.99. The van der Waals surface area contributed by atoms with Gasteiger partial charge in [-0.1, -0.05) is 4.57 Å². The van der Waals surface area contributed by atoms with Crippen LogP contribution in [0.1, 0.15) is 12.1 Å². The zero-order valence-corrected chi connectivity index (χ0v) is 20.5. The minimum atomic E-state index is -3.85. The van der Waals surface area contributed by atoms with Gasteiger partial charge in [-0.15, -0.1) is 0 Å². The minimum Gasteiger partial charge on any atom is -1.00 e. The number of carbonyl (C=O) groups is 3. The molecule has 0 fully saturated rings. The first-order valence-corrected chi connectivity index (χ1v) is 4.91. The van der Waals surface area contributed by atoms with Crippen molar-refractivity contribution in [2.45, 2.75) is 17.7 Å². The van der Waals surface area contributed by atoms with Gasteiger partial charge < -0.3 is 31.0 Å². The fraction of sp³-hybridized carbons (Fsp3) is 0.500. The van der Waals surface area contributed by atoms with Gasteiger partial charge in [0.2, 0.25) is 5.60 Å². The summed E-state index contributed by atoms with van der Waals surface area (Å²) in [4.78, 5) is 41.8. The van der Waals surface area contributed by atoms with E-state index in [2.05, 4.69) is 0 Å². The summed E-state index contributed by atoms with van der Waals surface area (Å²) >= 11 is 0. The monoisotopic (exact) mass is 350 g/mol. The summed E-state index contributed by atoms with van der Waals surface area (Å²) in [5.74, 6) is -6.21. The second-order valence-electron chi connectivity index (χ2n) is 2.83. The number of rotatable bonds is 6. The van der Waals surface area contributed by atoms with Gasteiger partial charge in [-0.3, -0.25) is 4.79 Å². The number of carboxylic acid groups (broad SMARTS) is 3. The van der Waals surface area contributed by atoms with Gasteiger partial charge in [-0.25, -0.2) is 9.59 Å². The molecule has 0 aliphatic rings. The topological polar surface area (TPSA) is 172 Å². The molecule has 0 heterocycles. The first-order chi connectivity index (χ1) is 7.12. The predicted molar refractivity (Wildman–Crippen MR) is 48.3 cm³/mol. The zero-order chi connectivity index (χ0) is 13.1. The van der Waals surface area contributed by atoms with Crippen molar-refractivity contribution >= 4 is 25.9 Å². The number of carboxylic acids is 3. The largest absolute Gasteiger partial charge is 1.00 e.